The molecule has 6 atom stereocenters. The summed E-state index contributed by atoms with van der Waals surface area (Å²) in [5.74, 6) is -2.37. The van der Waals surface area contributed by atoms with Crippen LogP contribution in [0.15, 0.2) is 11.6 Å². The normalized spacial score (nSPS) is 42.8. The Kier molecular flexibility index (Phi) is 5.11. The lowest BCUT2D eigenvalue weighted by Crippen LogP contribution is -2.54. The van der Waals surface area contributed by atoms with Crippen LogP contribution in [0.1, 0.15) is 33.6 Å². The van der Waals surface area contributed by atoms with Gasteiger partial charge in [-0.25, -0.2) is 9.59 Å². The maximum Gasteiger partial charge on any atom is 0.340 e. The fraction of sp³-hybridized carbons (Fsp3) is 0.778. The molecule has 0 aromatic heterocycles. The van der Waals surface area contributed by atoms with Crippen molar-refractivity contribution in [2.24, 2.45) is 5.92 Å². The smallest absolute Gasteiger partial charge is 0.340 e. The Morgan fingerprint density at radius 3 is 2.69 bits per heavy atom. The van der Waals surface area contributed by atoms with Gasteiger partial charge in [-0.05, 0) is 38.2 Å². The molecule has 0 saturated carbocycles. The van der Waals surface area contributed by atoms with Gasteiger partial charge in [0.05, 0.1) is 11.4 Å². The van der Waals surface area contributed by atoms with Crippen molar-refractivity contribution in [3.8, 4) is 0 Å². The van der Waals surface area contributed by atoms with Gasteiger partial charge in [0, 0.05) is 13.1 Å². The lowest BCUT2D eigenvalue weighted by Gasteiger charge is -2.37. The molecule has 0 amide bonds. The van der Waals surface area contributed by atoms with Gasteiger partial charge < -0.3 is 19.7 Å². The van der Waals surface area contributed by atoms with E-state index in [4.69, 9.17) is 21.1 Å². The van der Waals surface area contributed by atoms with Crippen molar-refractivity contribution in [1.29, 1.82) is 0 Å². The molecule has 7 nitrogen and oxygen atoms in total. The molecule has 26 heavy (non-hydrogen) atoms. The summed E-state index contributed by atoms with van der Waals surface area (Å²) in [5.41, 5.74) is -3.03. The van der Waals surface area contributed by atoms with E-state index in [1.54, 1.807) is 6.92 Å². The fourth-order valence-corrected chi connectivity index (χ4v) is 4.11. The summed E-state index contributed by atoms with van der Waals surface area (Å²) in [6.45, 7) is 5.88. The van der Waals surface area contributed by atoms with Crippen LogP contribution in [0.4, 0.5) is 0 Å². The molecule has 3 aliphatic rings. The van der Waals surface area contributed by atoms with Gasteiger partial charge in [-0.3, -0.25) is 4.90 Å². The molecule has 0 aromatic carbocycles. The first kappa shape index (κ1) is 19.6. The molecular formula is C18H26ClNO6. The van der Waals surface area contributed by atoms with E-state index < -0.39 is 40.5 Å². The van der Waals surface area contributed by atoms with Gasteiger partial charge in [-0.2, -0.15) is 0 Å². The van der Waals surface area contributed by atoms with Crippen LogP contribution in [0.25, 0.3) is 0 Å². The van der Waals surface area contributed by atoms with Crippen LogP contribution in [0, 0.1) is 5.92 Å². The number of carbonyl (C=O) groups excluding carboxylic acids is 2. The first-order chi connectivity index (χ1) is 12.1. The first-order valence-electron chi connectivity index (χ1n) is 8.97. The predicted molar refractivity (Wildman–Crippen MR) is 93.6 cm³/mol. The zero-order chi connectivity index (χ0) is 19.3. The van der Waals surface area contributed by atoms with Gasteiger partial charge in [-0.15, -0.1) is 11.6 Å². The third kappa shape index (κ3) is 3.15. The summed E-state index contributed by atoms with van der Waals surface area (Å²) in [4.78, 5) is 27.4. The quantitative estimate of drug-likeness (QED) is 0.386. The fourth-order valence-electron chi connectivity index (χ4n) is 3.94. The Balaban J connectivity index is 1.97. The maximum atomic E-state index is 12.8. The van der Waals surface area contributed by atoms with E-state index >= 15 is 0 Å². The number of hydrogen-bond acceptors (Lipinski definition) is 7. The molecule has 3 rings (SSSR count). The Labute approximate surface area is 157 Å². The summed E-state index contributed by atoms with van der Waals surface area (Å²) in [7, 11) is 0. The molecule has 8 heteroatoms. The average Bonchev–Trinajstić information content (AvgIpc) is 3.14. The Morgan fingerprint density at radius 1 is 1.35 bits per heavy atom. The number of hydrogen-bond donors (Lipinski definition) is 2. The van der Waals surface area contributed by atoms with Crippen LogP contribution >= 0.6 is 11.6 Å². The van der Waals surface area contributed by atoms with Crippen LogP contribution in [-0.4, -0.2) is 75.5 Å². The molecule has 2 saturated heterocycles. The van der Waals surface area contributed by atoms with E-state index in [9.17, 15) is 19.8 Å². The molecule has 146 valence electrons. The highest BCUT2D eigenvalue weighted by atomic mass is 35.5. The highest BCUT2D eigenvalue weighted by Gasteiger charge is 2.52. The summed E-state index contributed by atoms with van der Waals surface area (Å²) >= 11 is 6.12. The number of ether oxygens (including phenoxy) is 2. The van der Waals surface area contributed by atoms with E-state index in [1.807, 2.05) is 6.08 Å². The topological polar surface area (TPSA) is 96.3 Å². The van der Waals surface area contributed by atoms with Crippen molar-refractivity contribution in [3.05, 3.63) is 11.6 Å². The van der Waals surface area contributed by atoms with E-state index in [2.05, 4.69) is 4.90 Å². The average molecular weight is 388 g/mol. The Morgan fingerprint density at radius 2 is 2.04 bits per heavy atom. The third-order valence-corrected chi connectivity index (χ3v) is 6.41. The number of alkyl halides is 1. The largest absolute Gasteiger partial charge is 0.459 e. The Bertz CT molecular complexity index is 633. The standard InChI is InChI=1S/C18H26ClNO6/c1-10-8-18(24,11(2)19)16(22)26-13-5-7-20-6-4-12(14(13)20)9-25-15(21)17(10,3)23/h4,10-11,13-14,23-24H,5-9H2,1-3H3/t10-,11+,13-,14+,17-,18+/m1/s1. The molecular weight excluding hydrogens is 362 g/mol. The van der Waals surface area contributed by atoms with Crippen molar-refractivity contribution in [2.45, 2.75) is 62.3 Å². The number of rotatable bonds is 1. The number of cyclic esters (lactones) is 1. The van der Waals surface area contributed by atoms with Gasteiger partial charge in [0.1, 0.15) is 12.7 Å². The van der Waals surface area contributed by atoms with E-state index in [-0.39, 0.29) is 19.1 Å². The minimum Gasteiger partial charge on any atom is -0.459 e. The summed E-state index contributed by atoms with van der Waals surface area (Å²) < 4.78 is 11.0. The van der Waals surface area contributed by atoms with Crippen LogP contribution < -0.4 is 0 Å². The molecule has 3 aliphatic heterocycles. The molecule has 0 bridgehead atoms. The monoisotopic (exact) mass is 387 g/mol. The van der Waals surface area contributed by atoms with Crippen LogP contribution in [0.3, 0.4) is 0 Å². The number of esters is 2. The zero-order valence-corrected chi connectivity index (χ0v) is 16.0. The number of nitrogens with zero attached hydrogens (tertiary/aromatic N) is 1. The number of halogens is 1. The third-order valence-electron chi connectivity index (χ3n) is 6.04. The van der Waals surface area contributed by atoms with Crippen LogP contribution in [0.2, 0.25) is 0 Å². The number of carbonyl (C=O) groups is 2. The van der Waals surface area contributed by atoms with Gasteiger partial charge in [0.15, 0.2) is 11.2 Å². The predicted octanol–water partition coefficient (Wildman–Crippen LogP) is 0.605. The highest BCUT2D eigenvalue weighted by Crippen LogP contribution is 2.37. The minimum atomic E-state index is -2.01. The van der Waals surface area contributed by atoms with Crippen molar-refractivity contribution >= 4 is 23.5 Å². The van der Waals surface area contributed by atoms with Gasteiger partial charge in [0.2, 0.25) is 0 Å². The summed E-state index contributed by atoms with van der Waals surface area (Å²) in [6.07, 6.45) is 1.95. The van der Waals surface area contributed by atoms with Crippen molar-refractivity contribution in [3.63, 3.8) is 0 Å². The van der Waals surface area contributed by atoms with Crippen molar-refractivity contribution in [1.82, 2.24) is 4.90 Å². The lowest BCUT2D eigenvalue weighted by molar-refractivity contribution is -0.183. The first-order valence-corrected chi connectivity index (χ1v) is 9.41. The van der Waals surface area contributed by atoms with Crippen molar-refractivity contribution in [2.75, 3.05) is 19.7 Å². The molecule has 0 aromatic rings. The lowest BCUT2D eigenvalue weighted by atomic mass is 9.79. The molecule has 0 radical (unpaired) electrons. The highest BCUT2D eigenvalue weighted by molar-refractivity contribution is 6.22. The molecule has 2 fully saturated rings. The molecule has 0 unspecified atom stereocenters. The van der Waals surface area contributed by atoms with Gasteiger partial charge in [-0.1, -0.05) is 13.0 Å². The van der Waals surface area contributed by atoms with Crippen LogP contribution in [0.5, 0.6) is 0 Å². The van der Waals surface area contributed by atoms with Gasteiger partial charge in [0.25, 0.3) is 0 Å². The second kappa shape index (κ2) is 6.78. The van der Waals surface area contributed by atoms with Crippen LogP contribution in [-0.2, 0) is 19.1 Å². The van der Waals surface area contributed by atoms with E-state index in [0.29, 0.717) is 13.0 Å². The van der Waals surface area contributed by atoms with Gasteiger partial charge >= 0.3 is 11.9 Å². The molecule has 2 N–H and O–H groups in total. The SMILES string of the molecule is C[C@@H]1C[C@](O)([C@H](C)Cl)C(=O)O[C@@H]2CCN3CC=C(COC(=O)[C@]1(C)O)[C@@H]23. The zero-order valence-electron chi connectivity index (χ0n) is 15.3. The Hall–Kier alpha value is -1.15. The second-order valence-corrected chi connectivity index (χ2v) is 8.47. The summed E-state index contributed by atoms with van der Waals surface area (Å²) in [5, 5.41) is 20.6. The van der Waals surface area contributed by atoms with E-state index in [1.165, 1.54) is 13.8 Å². The number of aliphatic hydroxyl groups is 2. The maximum absolute atomic E-state index is 12.8. The molecule has 0 spiro atoms. The molecule has 3 heterocycles. The molecule has 0 aliphatic carbocycles. The summed E-state index contributed by atoms with van der Waals surface area (Å²) in [6, 6.07) is -0.177. The van der Waals surface area contributed by atoms with Crippen molar-refractivity contribution < 1.29 is 29.3 Å². The minimum absolute atomic E-state index is 0.0487. The van der Waals surface area contributed by atoms with E-state index in [0.717, 1.165) is 12.1 Å². The second-order valence-electron chi connectivity index (χ2n) is 7.82.